The van der Waals surface area contributed by atoms with E-state index in [0.29, 0.717) is 32.7 Å². The lowest BCUT2D eigenvalue weighted by molar-refractivity contribution is -0.141. The minimum Gasteiger partial charge on any atom is -0.352 e. The molecule has 2 rings (SSSR count). The van der Waals surface area contributed by atoms with Crippen LogP contribution >= 0.6 is 34.8 Å². The molecule has 0 aliphatic rings. The number of amides is 2. The summed E-state index contributed by atoms with van der Waals surface area (Å²) in [6, 6.07) is 9.32. The maximum absolute atomic E-state index is 13.6. The number of benzene rings is 2. The van der Waals surface area contributed by atoms with Gasteiger partial charge in [-0.25, -0.2) is 8.42 Å². The Bertz CT molecular complexity index is 1220. The molecule has 210 valence electrons. The molecule has 11 heteroatoms. The molecule has 7 nitrogen and oxygen atoms in total. The van der Waals surface area contributed by atoms with Gasteiger partial charge in [0.15, 0.2) is 0 Å². The summed E-state index contributed by atoms with van der Waals surface area (Å²) in [7, 11) is -3.64. The van der Waals surface area contributed by atoms with Gasteiger partial charge in [0.05, 0.1) is 11.9 Å². The summed E-state index contributed by atoms with van der Waals surface area (Å²) >= 11 is 18.9. The van der Waals surface area contributed by atoms with E-state index in [2.05, 4.69) is 5.32 Å². The van der Waals surface area contributed by atoms with Crippen LogP contribution in [-0.4, -0.2) is 50.0 Å². The third kappa shape index (κ3) is 8.76. The lowest BCUT2D eigenvalue weighted by Crippen LogP contribution is -2.50. The van der Waals surface area contributed by atoms with E-state index in [9.17, 15) is 18.0 Å². The molecule has 0 saturated carbocycles. The Kier molecular flexibility index (Phi) is 12.2. The molecule has 0 spiro atoms. The zero-order valence-electron chi connectivity index (χ0n) is 22.4. The number of halogens is 3. The van der Waals surface area contributed by atoms with Crippen LogP contribution in [0.2, 0.25) is 15.1 Å². The molecule has 38 heavy (non-hydrogen) atoms. The highest BCUT2D eigenvalue weighted by atomic mass is 35.5. The predicted molar refractivity (Wildman–Crippen MR) is 157 cm³/mol. The van der Waals surface area contributed by atoms with Crippen LogP contribution in [-0.2, 0) is 26.2 Å². The number of hydrogen-bond donors (Lipinski definition) is 1. The molecule has 1 N–H and O–H groups in total. The summed E-state index contributed by atoms with van der Waals surface area (Å²) in [6.07, 6.45) is 2.49. The zero-order chi connectivity index (χ0) is 28.6. The number of rotatable bonds is 13. The first-order chi connectivity index (χ1) is 17.8. The van der Waals surface area contributed by atoms with Gasteiger partial charge in [-0.2, -0.15) is 0 Å². The quantitative estimate of drug-likeness (QED) is 0.294. The average molecular weight is 605 g/mol. The summed E-state index contributed by atoms with van der Waals surface area (Å²) in [5.41, 5.74) is 1.76. The molecule has 0 aliphatic carbocycles. The molecule has 0 aliphatic heterocycles. The maximum atomic E-state index is 13.6. The second kappa shape index (κ2) is 14.4. The van der Waals surface area contributed by atoms with Crippen molar-refractivity contribution in [3.63, 3.8) is 0 Å². The highest BCUT2D eigenvalue weighted by Gasteiger charge is 2.30. The molecule has 0 radical (unpaired) electrons. The average Bonchev–Trinajstić information content (AvgIpc) is 2.84. The number of sulfonamides is 1. The number of hydrogen-bond acceptors (Lipinski definition) is 4. The molecule has 0 fully saturated rings. The normalized spacial score (nSPS) is 13.1. The van der Waals surface area contributed by atoms with Gasteiger partial charge in [0.2, 0.25) is 21.8 Å². The summed E-state index contributed by atoms with van der Waals surface area (Å²) in [6.45, 7) is 7.62. The van der Waals surface area contributed by atoms with Gasteiger partial charge >= 0.3 is 0 Å². The Balaban J connectivity index is 2.32. The molecular weight excluding hydrogens is 569 g/mol. The van der Waals surface area contributed by atoms with E-state index in [1.54, 1.807) is 43.3 Å². The smallest absolute Gasteiger partial charge is 0.243 e. The fourth-order valence-corrected chi connectivity index (χ4v) is 5.75. The highest BCUT2D eigenvalue weighted by molar-refractivity contribution is 7.92. The fourth-order valence-electron chi connectivity index (χ4n) is 4.05. The van der Waals surface area contributed by atoms with Crippen LogP contribution < -0.4 is 9.62 Å². The van der Waals surface area contributed by atoms with Crippen LogP contribution in [0.1, 0.15) is 57.6 Å². The molecule has 2 aromatic rings. The third-order valence-electron chi connectivity index (χ3n) is 6.37. The Morgan fingerprint density at radius 3 is 2.21 bits per heavy atom. The van der Waals surface area contributed by atoms with Crippen molar-refractivity contribution in [1.82, 2.24) is 10.2 Å². The van der Waals surface area contributed by atoms with Crippen molar-refractivity contribution in [2.24, 2.45) is 0 Å². The van der Waals surface area contributed by atoms with Crippen LogP contribution in [0.3, 0.4) is 0 Å². The van der Waals surface area contributed by atoms with Gasteiger partial charge in [0, 0.05) is 46.2 Å². The van der Waals surface area contributed by atoms with Gasteiger partial charge in [-0.05, 0) is 62.9 Å². The largest absolute Gasteiger partial charge is 0.352 e. The molecular formula is C27H36Cl3N3O4S. The molecule has 0 heterocycles. The predicted octanol–water partition coefficient (Wildman–Crippen LogP) is 6.22. The first-order valence-electron chi connectivity index (χ1n) is 12.6. The van der Waals surface area contributed by atoms with Crippen LogP contribution in [0.15, 0.2) is 36.4 Å². The van der Waals surface area contributed by atoms with Crippen molar-refractivity contribution in [2.45, 2.75) is 72.0 Å². The molecule has 0 bridgehead atoms. The van der Waals surface area contributed by atoms with E-state index in [1.807, 2.05) is 20.8 Å². The van der Waals surface area contributed by atoms with Crippen molar-refractivity contribution in [3.8, 4) is 0 Å². The Morgan fingerprint density at radius 1 is 1.03 bits per heavy atom. The van der Waals surface area contributed by atoms with Gasteiger partial charge < -0.3 is 10.2 Å². The van der Waals surface area contributed by atoms with Crippen molar-refractivity contribution >= 4 is 62.3 Å². The summed E-state index contributed by atoms with van der Waals surface area (Å²) in [5, 5.41) is 4.16. The van der Waals surface area contributed by atoms with Gasteiger partial charge in [-0.1, -0.05) is 60.8 Å². The zero-order valence-corrected chi connectivity index (χ0v) is 25.5. The monoisotopic (exact) mass is 603 g/mol. The Hall–Kier alpha value is -2.00. The van der Waals surface area contributed by atoms with Crippen LogP contribution in [0.4, 0.5) is 5.69 Å². The fraction of sp³-hybridized carbons (Fsp3) is 0.481. The van der Waals surface area contributed by atoms with Gasteiger partial charge in [0.25, 0.3) is 0 Å². The number of carbonyl (C=O) groups is 2. The molecule has 2 aromatic carbocycles. The van der Waals surface area contributed by atoms with Crippen molar-refractivity contribution < 1.29 is 18.0 Å². The number of carbonyl (C=O) groups excluding carboxylic acids is 2. The van der Waals surface area contributed by atoms with E-state index in [1.165, 1.54) is 9.21 Å². The van der Waals surface area contributed by atoms with E-state index in [-0.39, 0.29) is 43.8 Å². The van der Waals surface area contributed by atoms with Crippen LogP contribution in [0, 0.1) is 6.92 Å². The third-order valence-corrected chi connectivity index (χ3v) is 8.49. The van der Waals surface area contributed by atoms with Crippen LogP contribution in [0.5, 0.6) is 0 Å². The maximum Gasteiger partial charge on any atom is 0.243 e. The van der Waals surface area contributed by atoms with Crippen LogP contribution in [0.25, 0.3) is 0 Å². The Morgan fingerprint density at radius 2 is 1.66 bits per heavy atom. The second-order valence-corrected chi connectivity index (χ2v) is 12.5. The molecule has 0 aromatic heterocycles. The molecule has 2 atom stereocenters. The summed E-state index contributed by atoms with van der Waals surface area (Å²) < 4.78 is 26.5. The van der Waals surface area contributed by atoms with E-state index >= 15 is 0 Å². The van der Waals surface area contributed by atoms with Crippen molar-refractivity contribution in [2.75, 3.05) is 17.1 Å². The number of aryl methyl sites for hydroxylation is 1. The van der Waals surface area contributed by atoms with Gasteiger partial charge in [-0.15, -0.1) is 0 Å². The van der Waals surface area contributed by atoms with E-state index in [0.717, 1.165) is 18.2 Å². The SMILES string of the molecule is CCC(C)NC(=O)C(CC)N(Cc1c(Cl)cccc1Cl)C(=O)CCCN(c1cc(Cl)ccc1C)S(C)(=O)=O. The first kappa shape index (κ1) is 32.2. The number of nitrogens with one attached hydrogen (secondary N) is 1. The number of nitrogens with zero attached hydrogens (tertiary/aromatic N) is 2. The van der Waals surface area contributed by atoms with E-state index in [4.69, 9.17) is 34.8 Å². The Labute approximate surface area is 241 Å². The molecule has 2 amide bonds. The topological polar surface area (TPSA) is 86.8 Å². The summed E-state index contributed by atoms with van der Waals surface area (Å²) in [5.74, 6) is -0.561. The van der Waals surface area contributed by atoms with Gasteiger partial charge in [0.1, 0.15) is 6.04 Å². The molecule has 0 saturated heterocycles. The second-order valence-electron chi connectivity index (χ2n) is 9.33. The minimum absolute atomic E-state index is 0.0147. The number of anilines is 1. The minimum atomic E-state index is -3.64. The van der Waals surface area contributed by atoms with Gasteiger partial charge in [-0.3, -0.25) is 13.9 Å². The van der Waals surface area contributed by atoms with Crippen molar-refractivity contribution in [1.29, 1.82) is 0 Å². The highest BCUT2D eigenvalue weighted by Crippen LogP contribution is 2.29. The van der Waals surface area contributed by atoms with Crippen molar-refractivity contribution in [3.05, 3.63) is 62.6 Å². The summed E-state index contributed by atoms with van der Waals surface area (Å²) in [4.78, 5) is 28.2. The standard InChI is InChI=1S/C27H36Cl3N3O4S/c1-6-19(4)31-27(35)24(7-2)32(17-21-22(29)10-8-11-23(21)30)26(34)12-9-15-33(38(5,36)37)25-16-20(28)14-13-18(25)3/h8,10-11,13-14,16,19,24H,6-7,9,12,15,17H2,1-5H3,(H,31,35). The first-order valence-corrected chi connectivity index (χ1v) is 15.5. The van der Waals surface area contributed by atoms with E-state index < -0.39 is 16.1 Å². The molecule has 2 unspecified atom stereocenters. The lowest BCUT2D eigenvalue weighted by Gasteiger charge is -2.32. The lowest BCUT2D eigenvalue weighted by atomic mass is 10.1.